The fourth-order valence-corrected chi connectivity index (χ4v) is 2.01. The van der Waals surface area contributed by atoms with E-state index in [0.29, 0.717) is 5.75 Å². The Kier molecular flexibility index (Phi) is 4.35. The Bertz CT molecular complexity index is 430. The minimum Gasteiger partial charge on any atom is -0.497 e. The molecule has 19 heavy (non-hydrogen) atoms. The van der Waals surface area contributed by atoms with Crippen molar-refractivity contribution >= 4 is 5.91 Å². The number of nitrogens with zero attached hydrogens (tertiary/aromatic N) is 1. The van der Waals surface area contributed by atoms with Crippen molar-refractivity contribution in [1.29, 1.82) is 0 Å². The number of halogens is 2. The molecule has 1 amide bonds. The number of carbonyl (C=O) groups excluding carboxylic acids is 1. The molecule has 1 fully saturated rings. The van der Waals surface area contributed by atoms with E-state index in [2.05, 4.69) is 0 Å². The van der Waals surface area contributed by atoms with Gasteiger partial charge in [-0.1, -0.05) is 12.1 Å². The average molecular weight is 269 g/mol. The van der Waals surface area contributed by atoms with Gasteiger partial charge in [-0.05, 0) is 30.5 Å². The molecule has 0 heterocycles. The second kappa shape index (κ2) is 5.99. The molecular formula is C14H17F2NO2. The second-order valence-corrected chi connectivity index (χ2v) is 4.69. The molecule has 1 aromatic rings. The summed E-state index contributed by atoms with van der Waals surface area (Å²) >= 11 is 0. The van der Waals surface area contributed by atoms with Crippen LogP contribution in [-0.4, -0.2) is 36.9 Å². The minimum absolute atomic E-state index is 0.0137. The van der Waals surface area contributed by atoms with Crippen LogP contribution >= 0.6 is 0 Å². The first kappa shape index (κ1) is 13.8. The lowest BCUT2D eigenvalue weighted by Gasteiger charge is -2.22. The summed E-state index contributed by atoms with van der Waals surface area (Å²) in [4.78, 5) is 13.4. The fourth-order valence-electron chi connectivity index (χ4n) is 2.01. The number of ether oxygens (including phenoxy) is 1. The molecule has 1 aliphatic carbocycles. The highest BCUT2D eigenvalue weighted by atomic mass is 19.3. The van der Waals surface area contributed by atoms with Crippen molar-refractivity contribution in [3.05, 3.63) is 29.8 Å². The molecular weight excluding hydrogens is 252 g/mol. The largest absolute Gasteiger partial charge is 0.497 e. The summed E-state index contributed by atoms with van der Waals surface area (Å²) in [5.41, 5.74) is 0.811. The zero-order valence-electron chi connectivity index (χ0n) is 10.8. The van der Waals surface area contributed by atoms with Gasteiger partial charge in [0, 0.05) is 6.04 Å². The molecule has 0 radical (unpaired) electrons. The van der Waals surface area contributed by atoms with Crippen LogP contribution in [0, 0.1) is 0 Å². The van der Waals surface area contributed by atoms with E-state index in [1.165, 1.54) is 4.90 Å². The third kappa shape index (κ3) is 3.91. The Morgan fingerprint density at radius 2 is 2.00 bits per heavy atom. The van der Waals surface area contributed by atoms with Crippen molar-refractivity contribution in [3.63, 3.8) is 0 Å². The van der Waals surface area contributed by atoms with Crippen LogP contribution in [0.5, 0.6) is 5.75 Å². The highest BCUT2D eigenvalue weighted by molar-refractivity contribution is 5.79. The number of alkyl halides is 2. The number of rotatable bonds is 6. The Labute approximate surface area is 111 Å². The summed E-state index contributed by atoms with van der Waals surface area (Å²) in [6, 6.07) is 7.10. The third-order valence-electron chi connectivity index (χ3n) is 3.16. The predicted molar refractivity (Wildman–Crippen MR) is 67.4 cm³/mol. The van der Waals surface area contributed by atoms with Crippen LogP contribution in [0.3, 0.4) is 0 Å². The SMILES string of the molecule is COc1ccc(CC(=O)N(CC(F)F)C2CC2)cc1. The van der Waals surface area contributed by atoms with E-state index < -0.39 is 13.0 Å². The van der Waals surface area contributed by atoms with Crippen LogP contribution in [0.2, 0.25) is 0 Å². The van der Waals surface area contributed by atoms with Crippen LogP contribution in [0.15, 0.2) is 24.3 Å². The highest BCUT2D eigenvalue weighted by Crippen LogP contribution is 2.28. The summed E-state index contributed by atoms with van der Waals surface area (Å²) in [7, 11) is 1.57. The maximum Gasteiger partial charge on any atom is 0.255 e. The van der Waals surface area contributed by atoms with E-state index in [-0.39, 0.29) is 18.4 Å². The lowest BCUT2D eigenvalue weighted by Crippen LogP contribution is -2.37. The van der Waals surface area contributed by atoms with Crippen LogP contribution in [-0.2, 0) is 11.2 Å². The smallest absolute Gasteiger partial charge is 0.255 e. The zero-order chi connectivity index (χ0) is 13.8. The Morgan fingerprint density at radius 1 is 1.37 bits per heavy atom. The topological polar surface area (TPSA) is 29.5 Å². The molecule has 1 saturated carbocycles. The Hall–Kier alpha value is -1.65. The quantitative estimate of drug-likeness (QED) is 0.794. The van der Waals surface area contributed by atoms with Crippen molar-refractivity contribution in [3.8, 4) is 5.75 Å². The first-order chi connectivity index (χ1) is 9.10. The molecule has 0 bridgehead atoms. The summed E-state index contributed by atoms with van der Waals surface area (Å²) in [5, 5.41) is 0. The van der Waals surface area contributed by atoms with Gasteiger partial charge in [0.1, 0.15) is 5.75 Å². The van der Waals surface area contributed by atoms with Crippen LogP contribution < -0.4 is 4.74 Å². The van der Waals surface area contributed by atoms with Gasteiger partial charge in [-0.15, -0.1) is 0 Å². The Balaban J connectivity index is 1.97. The molecule has 0 saturated heterocycles. The van der Waals surface area contributed by atoms with Crippen molar-refractivity contribution in [1.82, 2.24) is 4.90 Å². The standard InChI is InChI=1S/C14H17F2NO2/c1-19-12-6-2-10(3-7-12)8-14(18)17(9-13(15)16)11-4-5-11/h2-3,6-7,11,13H,4-5,8-9H2,1H3. The molecule has 0 unspecified atom stereocenters. The predicted octanol–water partition coefficient (Wildman–Crippen LogP) is 2.49. The lowest BCUT2D eigenvalue weighted by atomic mass is 10.1. The molecule has 1 aromatic carbocycles. The molecule has 0 N–H and O–H groups in total. The van der Waals surface area contributed by atoms with Gasteiger partial charge >= 0.3 is 0 Å². The molecule has 0 aliphatic heterocycles. The number of amides is 1. The van der Waals surface area contributed by atoms with Gasteiger partial charge in [-0.2, -0.15) is 0 Å². The van der Waals surface area contributed by atoms with Crippen molar-refractivity contribution in [2.24, 2.45) is 0 Å². The molecule has 1 aliphatic rings. The van der Waals surface area contributed by atoms with Crippen LogP contribution in [0.25, 0.3) is 0 Å². The molecule has 0 spiro atoms. The van der Waals surface area contributed by atoms with Gasteiger partial charge in [0.25, 0.3) is 6.43 Å². The molecule has 104 valence electrons. The maximum atomic E-state index is 12.5. The van der Waals surface area contributed by atoms with Crippen molar-refractivity contribution in [2.75, 3.05) is 13.7 Å². The van der Waals surface area contributed by atoms with Gasteiger partial charge in [0.05, 0.1) is 20.1 Å². The summed E-state index contributed by atoms with van der Waals surface area (Å²) in [6.07, 6.45) is -0.643. The number of carbonyl (C=O) groups is 1. The van der Waals surface area contributed by atoms with Crippen molar-refractivity contribution < 1.29 is 18.3 Å². The van der Waals surface area contributed by atoms with Crippen LogP contribution in [0.4, 0.5) is 8.78 Å². The third-order valence-corrected chi connectivity index (χ3v) is 3.16. The van der Waals surface area contributed by atoms with E-state index in [0.717, 1.165) is 18.4 Å². The monoisotopic (exact) mass is 269 g/mol. The summed E-state index contributed by atoms with van der Waals surface area (Å²) in [6.45, 7) is -0.459. The Morgan fingerprint density at radius 3 is 2.47 bits per heavy atom. The molecule has 5 heteroatoms. The minimum atomic E-state index is -2.47. The zero-order valence-corrected chi connectivity index (χ0v) is 10.8. The summed E-state index contributed by atoms with van der Waals surface area (Å²) in [5.74, 6) is 0.482. The second-order valence-electron chi connectivity index (χ2n) is 4.69. The van der Waals surface area contributed by atoms with E-state index in [9.17, 15) is 13.6 Å². The van der Waals surface area contributed by atoms with E-state index in [1.54, 1.807) is 31.4 Å². The van der Waals surface area contributed by atoms with Gasteiger partial charge in [-0.25, -0.2) is 8.78 Å². The van der Waals surface area contributed by atoms with Gasteiger partial charge in [0.15, 0.2) is 0 Å². The average Bonchev–Trinajstić information content (AvgIpc) is 3.21. The van der Waals surface area contributed by atoms with E-state index in [4.69, 9.17) is 4.74 Å². The number of hydrogen-bond acceptors (Lipinski definition) is 2. The molecule has 0 aromatic heterocycles. The van der Waals surface area contributed by atoms with E-state index in [1.807, 2.05) is 0 Å². The first-order valence-corrected chi connectivity index (χ1v) is 6.30. The highest BCUT2D eigenvalue weighted by Gasteiger charge is 2.33. The van der Waals surface area contributed by atoms with Crippen LogP contribution in [0.1, 0.15) is 18.4 Å². The van der Waals surface area contributed by atoms with Gasteiger partial charge in [0.2, 0.25) is 5.91 Å². The van der Waals surface area contributed by atoms with Gasteiger partial charge < -0.3 is 9.64 Å². The first-order valence-electron chi connectivity index (χ1n) is 6.30. The molecule has 3 nitrogen and oxygen atoms in total. The molecule has 0 atom stereocenters. The van der Waals surface area contributed by atoms with Gasteiger partial charge in [-0.3, -0.25) is 4.79 Å². The number of hydrogen-bond donors (Lipinski definition) is 0. The summed E-state index contributed by atoms with van der Waals surface area (Å²) < 4.78 is 29.9. The lowest BCUT2D eigenvalue weighted by molar-refractivity contribution is -0.133. The number of benzene rings is 1. The maximum absolute atomic E-state index is 12.5. The van der Waals surface area contributed by atoms with Crippen molar-refractivity contribution in [2.45, 2.75) is 31.7 Å². The van der Waals surface area contributed by atoms with E-state index >= 15 is 0 Å². The number of methoxy groups -OCH3 is 1. The molecule has 2 rings (SSSR count). The fraction of sp³-hybridized carbons (Fsp3) is 0.500. The normalized spacial score (nSPS) is 14.5.